The van der Waals surface area contributed by atoms with Gasteiger partial charge in [0.25, 0.3) is 0 Å². The highest BCUT2D eigenvalue weighted by Gasteiger charge is 2.20. The van der Waals surface area contributed by atoms with E-state index < -0.39 is 5.54 Å². The Morgan fingerprint density at radius 3 is 2.60 bits per heavy atom. The Balaban J connectivity index is 2.52. The van der Waals surface area contributed by atoms with Crippen LogP contribution in [-0.2, 0) is 0 Å². The molecule has 20 heavy (non-hydrogen) atoms. The van der Waals surface area contributed by atoms with Crippen molar-refractivity contribution in [3.05, 3.63) is 29.3 Å². The fourth-order valence-corrected chi connectivity index (χ4v) is 2.11. The summed E-state index contributed by atoms with van der Waals surface area (Å²) in [6, 6.07) is 6.39. The summed E-state index contributed by atoms with van der Waals surface area (Å²) in [6.07, 6.45) is 2.42. The van der Waals surface area contributed by atoms with Crippen molar-refractivity contribution in [1.82, 2.24) is 0 Å². The van der Waals surface area contributed by atoms with Crippen LogP contribution in [0.15, 0.2) is 18.2 Å². The molecule has 0 aromatic heterocycles. The third-order valence-electron chi connectivity index (χ3n) is 3.97. The van der Waals surface area contributed by atoms with E-state index in [2.05, 4.69) is 39.0 Å². The normalized spacial score (nSPS) is 14.3. The third kappa shape index (κ3) is 4.80. The first-order valence-electron chi connectivity index (χ1n) is 7.55. The largest absolute Gasteiger partial charge is 0.493 e. The average molecular weight is 279 g/mol. The maximum Gasteiger partial charge on any atom is 0.122 e. The molecule has 1 aromatic carbocycles. The monoisotopic (exact) mass is 279 g/mol. The van der Waals surface area contributed by atoms with Gasteiger partial charge in [-0.3, -0.25) is 0 Å². The van der Waals surface area contributed by atoms with Gasteiger partial charge in [0.2, 0.25) is 0 Å². The molecule has 0 heterocycles. The summed E-state index contributed by atoms with van der Waals surface area (Å²) in [5.41, 5.74) is 8.06. The summed E-state index contributed by atoms with van der Waals surface area (Å²) in [7, 11) is 0. The first kappa shape index (κ1) is 17.0. The quantitative estimate of drug-likeness (QED) is 0.717. The van der Waals surface area contributed by atoms with Crippen LogP contribution in [0, 0.1) is 6.92 Å². The summed E-state index contributed by atoms with van der Waals surface area (Å²) < 4.78 is 5.87. The van der Waals surface area contributed by atoms with Gasteiger partial charge < -0.3 is 15.6 Å². The van der Waals surface area contributed by atoms with Crippen LogP contribution in [-0.4, -0.2) is 23.9 Å². The summed E-state index contributed by atoms with van der Waals surface area (Å²) in [5.74, 6) is 1.46. The van der Waals surface area contributed by atoms with Crippen molar-refractivity contribution < 1.29 is 9.84 Å². The number of rotatable bonds is 8. The van der Waals surface area contributed by atoms with Gasteiger partial charge in [-0.2, -0.15) is 0 Å². The molecule has 1 atom stereocenters. The van der Waals surface area contributed by atoms with E-state index in [4.69, 9.17) is 10.5 Å². The Morgan fingerprint density at radius 1 is 1.35 bits per heavy atom. The van der Waals surface area contributed by atoms with Gasteiger partial charge in [-0.05, 0) is 49.3 Å². The van der Waals surface area contributed by atoms with E-state index in [1.807, 2.05) is 6.92 Å². The SMILES string of the molecule is CCC(N)(CO)CCCOc1cc(C(C)C)ccc1C. The Labute approximate surface area is 123 Å². The minimum absolute atomic E-state index is 0.0331. The molecule has 0 saturated heterocycles. The van der Waals surface area contributed by atoms with Crippen LogP contribution < -0.4 is 10.5 Å². The average Bonchev–Trinajstić information content (AvgIpc) is 2.44. The van der Waals surface area contributed by atoms with Crippen LogP contribution >= 0.6 is 0 Å². The topological polar surface area (TPSA) is 55.5 Å². The molecule has 1 aromatic rings. The molecular formula is C17H29NO2. The summed E-state index contributed by atoms with van der Waals surface area (Å²) >= 11 is 0. The second-order valence-corrected chi connectivity index (χ2v) is 6.01. The minimum atomic E-state index is -0.460. The maximum absolute atomic E-state index is 9.28. The number of benzene rings is 1. The smallest absolute Gasteiger partial charge is 0.122 e. The number of hydrogen-bond acceptors (Lipinski definition) is 3. The Hall–Kier alpha value is -1.06. The number of aliphatic hydroxyl groups excluding tert-OH is 1. The molecular weight excluding hydrogens is 250 g/mol. The van der Waals surface area contributed by atoms with Crippen LogP contribution in [0.25, 0.3) is 0 Å². The van der Waals surface area contributed by atoms with Crippen LogP contribution in [0.2, 0.25) is 0 Å². The second-order valence-electron chi connectivity index (χ2n) is 6.01. The number of aliphatic hydroxyl groups is 1. The molecule has 0 amide bonds. The lowest BCUT2D eigenvalue weighted by Crippen LogP contribution is -2.43. The van der Waals surface area contributed by atoms with Gasteiger partial charge >= 0.3 is 0 Å². The highest BCUT2D eigenvalue weighted by molar-refractivity contribution is 5.37. The van der Waals surface area contributed by atoms with Gasteiger partial charge in [-0.1, -0.05) is 32.9 Å². The van der Waals surface area contributed by atoms with Crippen molar-refractivity contribution in [3.63, 3.8) is 0 Å². The zero-order valence-electron chi connectivity index (χ0n) is 13.3. The minimum Gasteiger partial charge on any atom is -0.493 e. The van der Waals surface area contributed by atoms with Crippen LogP contribution in [0.5, 0.6) is 5.75 Å². The molecule has 0 aliphatic carbocycles. The van der Waals surface area contributed by atoms with E-state index in [1.54, 1.807) is 0 Å². The molecule has 0 bridgehead atoms. The highest BCUT2D eigenvalue weighted by atomic mass is 16.5. The molecule has 3 heteroatoms. The number of ether oxygens (including phenoxy) is 1. The summed E-state index contributed by atoms with van der Waals surface area (Å²) in [5, 5.41) is 9.28. The molecule has 1 rings (SSSR count). The van der Waals surface area contributed by atoms with E-state index in [-0.39, 0.29) is 6.61 Å². The van der Waals surface area contributed by atoms with E-state index in [0.717, 1.165) is 30.6 Å². The molecule has 3 N–H and O–H groups in total. The second kappa shape index (κ2) is 7.65. The first-order valence-corrected chi connectivity index (χ1v) is 7.55. The van der Waals surface area contributed by atoms with Crippen molar-refractivity contribution in [2.24, 2.45) is 5.73 Å². The number of aryl methyl sites for hydroxylation is 1. The molecule has 114 valence electrons. The van der Waals surface area contributed by atoms with Crippen molar-refractivity contribution >= 4 is 0 Å². The maximum atomic E-state index is 9.28. The van der Waals surface area contributed by atoms with Crippen LogP contribution in [0.1, 0.15) is 57.1 Å². The van der Waals surface area contributed by atoms with Gasteiger partial charge in [-0.25, -0.2) is 0 Å². The lowest BCUT2D eigenvalue weighted by atomic mass is 9.93. The first-order chi connectivity index (χ1) is 9.41. The van der Waals surface area contributed by atoms with Gasteiger partial charge in [-0.15, -0.1) is 0 Å². The lowest BCUT2D eigenvalue weighted by Gasteiger charge is -2.25. The summed E-state index contributed by atoms with van der Waals surface area (Å²) in [4.78, 5) is 0. The zero-order chi connectivity index (χ0) is 15.2. The van der Waals surface area contributed by atoms with E-state index in [1.165, 1.54) is 5.56 Å². The molecule has 3 nitrogen and oxygen atoms in total. The molecule has 0 aliphatic rings. The van der Waals surface area contributed by atoms with Gasteiger partial charge in [0.05, 0.1) is 13.2 Å². The molecule has 0 radical (unpaired) electrons. The molecule has 0 saturated carbocycles. The molecule has 0 spiro atoms. The predicted molar refractivity (Wildman–Crippen MR) is 84.3 cm³/mol. The Morgan fingerprint density at radius 2 is 2.05 bits per heavy atom. The molecule has 0 fully saturated rings. The third-order valence-corrected chi connectivity index (χ3v) is 3.97. The van der Waals surface area contributed by atoms with Crippen LogP contribution in [0.3, 0.4) is 0 Å². The van der Waals surface area contributed by atoms with Crippen molar-refractivity contribution in [2.45, 2.75) is 58.4 Å². The van der Waals surface area contributed by atoms with E-state index >= 15 is 0 Å². The number of nitrogens with two attached hydrogens (primary N) is 1. The highest BCUT2D eigenvalue weighted by Crippen LogP contribution is 2.24. The number of hydrogen-bond donors (Lipinski definition) is 2. The standard InChI is InChI=1S/C17H29NO2/c1-5-17(18,12-19)9-6-10-20-16-11-15(13(2)3)8-7-14(16)4/h7-8,11,13,19H,5-6,9-10,12,18H2,1-4H3. The van der Waals surface area contributed by atoms with Gasteiger partial charge in [0.15, 0.2) is 0 Å². The van der Waals surface area contributed by atoms with Gasteiger partial charge in [0.1, 0.15) is 5.75 Å². The molecule has 1 unspecified atom stereocenters. The predicted octanol–water partition coefficient (Wildman–Crippen LogP) is 3.38. The fourth-order valence-electron chi connectivity index (χ4n) is 2.11. The Bertz CT molecular complexity index is 411. The van der Waals surface area contributed by atoms with Crippen molar-refractivity contribution in [2.75, 3.05) is 13.2 Å². The lowest BCUT2D eigenvalue weighted by molar-refractivity contribution is 0.171. The Kier molecular flexibility index (Phi) is 6.50. The van der Waals surface area contributed by atoms with Gasteiger partial charge in [0, 0.05) is 5.54 Å². The van der Waals surface area contributed by atoms with Crippen molar-refractivity contribution in [1.29, 1.82) is 0 Å². The van der Waals surface area contributed by atoms with E-state index in [0.29, 0.717) is 12.5 Å². The van der Waals surface area contributed by atoms with Crippen molar-refractivity contribution in [3.8, 4) is 5.75 Å². The molecule has 0 aliphatic heterocycles. The van der Waals surface area contributed by atoms with Crippen LogP contribution in [0.4, 0.5) is 0 Å². The zero-order valence-corrected chi connectivity index (χ0v) is 13.3. The summed E-state index contributed by atoms with van der Waals surface area (Å²) in [6.45, 7) is 9.10. The fraction of sp³-hybridized carbons (Fsp3) is 0.647. The van der Waals surface area contributed by atoms with E-state index in [9.17, 15) is 5.11 Å².